The molecule has 11 aromatic carbocycles. The highest BCUT2D eigenvalue weighted by molar-refractivity contribution is 6.42. The second-order valence-corrected chi connectivity index (χ2v) is 34.5. The quantitative estimate of drug-likeness (QED) is 0.0755. The Balaban J connectivity index is 0.000000733. The lowest BCUT2D eigenvalue weighted by Crippen LogP contribution is -2.17. The van der Waals surface area contributed by atoms with Gasteiger partial charge in [0.15, 0.2) is 0 Å². The minimum atomic E-state index is -4.78. The molecule has 11 aromatic rings. The van der Waals surface area contributed by atoms with Gasteiger partial charge in [-0.3, -0.25) is 0 Å². The SMILES string of the molecule is CCC1CCC(C)CC1.CCCc1ccc(C)cc1.CCCc1ccc(Cl)c(Cl)c1.CCCc1ccc(OC)cc1.CCCc1cccc(C)c1.CCc1cc(F)cc(C(F)(F)F)c1.CCc1cc(F)cc(OC(F)(F)F)c1.CCc1ccc(C(C)(C)C)cc1.CCc1ccc(C(F)(F)F)c(F)c1.CCc1ccc(C)cc1.CCc1ccc(OC(F)(F)F)cc1.CCc1cccc(C)c1. The van der Waals surface area contributed by atoms with Gasteiger partial charge in [0.2, 0.25) is 0 Å². The highest BCUT2D eigenvalue weighted by atomic mass is 35.5. The molecule has 0 unspecified atom stereocenters. The molecule has 0 saturated heterocycles. The molecule has 0 N–H and O–H groups in total. The fourth-order valence-electron chi connectivity index (χ4n) is 13.0. The molecule has 0 heterocycles. The van der Waals surface area contributed by atoms with Crippen LogP contribution < -0.4 is 14.2 Å². The first-order valence-corrected chi connectivity index (χ1v) is 47.3. The molecule has 0 radical (unpaired) electrons. The number of methoxy groups -OCH3 is 1. The Morgan fingerprint density at radius 2 is 0.664 bits per heavy atom. The third-order valence-corrected chi connectivity index (χ3v) is 21.8. The molecular weight excluding hydrogens is 1770 g/mol. The van der Waals surface area contributed by atoms with E-state index >= 15 is 0 Å². The van der Waals surface area contributed by atoms with Gasteiger partial charge in [0, 0.05) is 6.07 Å². The van der Waals surface area contributed by atoms with Crippen LogP contribution in [0.3, 0.4) is 0 Å². The fraction of sp³-hybridized carbons (Fsp3) is 0.421. The van der Waals surface area contributed by atoms with Crippen molar-refractivity contribution in [1.82, 2.24) is 0 Å². The van der Waals surface area contributed by atoms with Crippen molar-refractivity contribution in [1.29, 1.82) is 0 Å². The van der Waals surface area contributed by atoms with Crippen LogP contribution in [0, 0.1) is 57.0 Å². The van der Waals surface area contributed by atoms with Gasteiger partial charge in [0.05, 0.1) is 28.3 Å². The normalized spacial score (nSPS) is 12.5. The maximum absolute atomic E-state index is 12.8. The van der Waals surface area contributed by atoms with Gasteiger partial charge in [-0.25, -0.2) is 13.2 Å². The highest BCUT2D eigenvalue weighted by Crippen LogP contribution is 2.35. The Hall–Kier alpha value is -9.65. The van der Waals surface area contributed by atoms with Crippen LogP contribution >= 0.6 is 23.2 Å². The maximum Gasteiger partial charge on any atom is 0.573 e. The number of alkyl halides is 12. The Bertz CT molecular complexity index is 4910. The molecular formula is C114H145Cl2F15O3. The van der Waals surface area contributed by atoms with E-state index < -0.39 is 59.4 Å². The van der Waals surface area contributed by atoms with E-state index in [0.29, 0.717) is 58.1 Å². The van der Waals surface area contributed by atoms with E-state index in [-0.39, 0.29) is 11.2 Å². The molecule has 1 aliphatic rings. The molecule has 1 fully saturated rings. The van der Waals surface area contributed by atoms with Crippen molar-refractivity contribution >= 4 is 23.2 Å². The van der Waals surface area contributed by atoms with Crippen LogP contribution in [0.2, 0.25) is 10.0 Å². The lowest BCUT2D eigenvalue weighted by atomic mass is 9.82. The molecule has 0 amide bonds. The summed E-state index contributed by atoms with van der Waals surface area (Å²) < 4.78 is 193. The van der Waals surface area contributed by atoms with E-state index in [1.807, 2.05) is 37.3 Å². The van der Waals surface area contributed by atoms with Crippen molar-refractivity contribution < 1.29 is 80.1 Å². The second-order valence-electron chi connectivity index (χ2n) is 33.7. The molecule has 1 saturated carbocycles. The molecule has 20 heteroatoms. The van der Waals surface area contributed by atoms with Crippen molar-refractivity contribution in [3.05, 3.63) is 370 Å². The minimum Gasteiger partial charge on any atom is -0.497 e. The Morgan fingerprint density at radius 1 is 0.306 bits per heavy atom. The molecule has 0 atom stereocenters. The fourth-order valence-corrected chi connectivity index (χ4v) is 13.3. The summed E-state index contributed by atoms with van der Waals surface area (Å²) in [6, 6.07) is 72.1. The molecule has 738 valence electrons. The average molecular weight is 1920 g/mol. The van der Waals surface area contributed by atoms with Gasteiger partial charge in [-0.2, -0.15) is 26.3 Å². The van der Waals surface area contributed by atoms with Gasteiger partial charge < -0.3 is 14.2 Å². The largest absolute Gasteiger partial charge is 0.573 e. The van der Waals surface area contributed by atoms with Crippen molar-refractivity contribution in [2.45, 2.75) is 297 Å². The molecule has 0 spiro atoms. The van der Waals surface area contributed by atoms with Gasteiger partial charge in [-0.05, 0) is 261 Å². The summed E-state index contributed by atoms with van der Waals surface area (Å²) in [4.78, 5) is 0. The maximum atomic E-state index is 12.8. The molecule has 0 bridgehead atoms. The predicted octanol–water partition coefficient (Wildman–Crippen LogP) is 37.6. The molecule has 0 aromatic heterocycles. The topological polar surface area (TPSA) is 27.7 Å². The number of ether oxygens (including phenoxy) is 3. The zero-order valence-corrected chi connectivity index (χ0v) is 84.1. The van der Waals surface area contributed by atoms with E-state index in [2.05, 4.69) is 254 Å². The van der Waals surface area contributed by atoms with E-state index in [1.54, 1.807) is 40.0 Å². The molecule has 12 rings (SSSR count). The van der Waals surface area contributed by atoms with Gasteiger partial charge >= 0.3 is 25.1 Å². The summed E-state index contributed by atoms with van der Waals surface area (Å²) in [6.07, 6.45) is 3.95. The lowest BCUT2D eigenvalue weighted by Gasteiger charge is -2.24. The van der Waals surface area contributed by atoms with Gasteiger partial charge in [0.1, 0.15) is 34.7 Å². The Labute approximate surface area is 802 Å². The second kappa shape index (κ2) is 65.9. The first-order valence-electron chi connectivity index (χ1n) is 46.6. The Morgan fingerprint density at radius 3 is 1.04 bits per heavy atom. The summed E-state index contributed by atoms with van der Waals surface area (Å²) in [7, 11) is 1.69. The van der Waals surface area contributed by atoms with Crippen LogP contribution in [0.4, 0.5) is 65.9 Å². The van der Waals surface area contributed by atoms with Crippen LogP contribution in [0.25, 0.3) is 0 Å². The highest BCUT2D eigenvalue weighted by Gasteiger charge is 2.35. The molecule has 134 heavy (non-hydrogen) atoms. The Kier molecular flexibility index (Phi) is 60.2. The third-order valence-electron chi connectivity index (χ3n) is 21.0. The smallest absolute Gasteiger partial charge is 0.497 e. The lowest BCUT2D eigenvalue weighted by molar-refractivity contribution is -0.275. The number of hydrogen-bond donors (Lipinski definition) is 0. The van der Waals surface area contributed by atoms with Crippen molar-refractivity contribution in [2.24, 2.45) is 11.8 Å². The van der Waals surface area contributed by atoms with Crippen LogP contribution in [-0.4, -0.2) is 19.8 Å². The summed E-state index contributed by atoms with van der Waals surface area (Å²) in [6.45, 7) is 42.3. The first kappa shape index (κ1) is 122. The monoisotopic (exact) mass is 1920 g/mol. The van der Waals surface area contributed by atoms with Gasteiger partial charge in [-0.15, -0.1) is 26.3 Å². The van der Waals surface area contributed by atoms with E-state index in [9.17, 15) is 65.9 Å². The van der Waals surface area contributed by atoms with Crippen LogP contribution in [-0.2, 0) is 88.4 Å². The van der Waals surface area contributed by atoms with Crippen molar-refractivity contribution in [3.8, 4) is 17.2 Å². The van der Waals surface area contributed by atoms with Gasteiger partial charge in [0.25, 0.3) is 0 Å². The molecule has 0 aliphatic heterocycles. The number of aryl methyl sites for hydroxylation is 15. The number of rotatable bonds is 19. The van der Waals surface area contributed by atoms with Crippen LogP contribution in [0.1, 0.15) is 269 Å². The number of benzene rings is 11. The van der Waals surface area contributed by atoms with Crippen molar-refractivity contribution in [2.75, 3.05) is 7.11 Å². The van der Waals surface area contributed by atoms with Crippen molar-refractivity contribution in [3.63, 3.8) is 0 Å². The van der Waals surface area contributed by atoms with E-state index in [1.165, 1.54) is 155 Å². The number of hydrogen-bond acceptors (Lipinski definition) is 3. The third kappa shape index (κ3) is 56.6. The van der Waals surface area contributed by atoms with Crippen LogP contribution in [0.15, 0.2) is 243 Å². The van der Waals surface area contributed by atoms with E-state index in [4.69, 9.17) is 27.9 Å². The minimum absolute atomic E-state index is 0.176. The zero-order valence-electron chi connectivity index (χ0n) is 82.5. The molecule has 1 aliphatic carbocycles. The summed E-state index contributed by atoms with van der Waals surface area (Å²) in [5, 5.41) is 1.28. The zero-order chi connectivity index (χ0) is 101. The van der Waals surface area contributed by atoms with Crippen LogP contribution in [0.5, 0.6) is 17.2 Å². The summed E-state index contributed by atoms with van der Waals surface area (Å²) in [5.74, 6) is -0.444. The first-order chi connectivity index (χ1) is 63.1. The summed E-state index contributed by atoms with van der Waals surface area (Å²) in [5.41, 5.74) is 17.1. The summed E-state index contributed by atoms with van der Waals surface area (Å²) >= 11 is 11.6. The standard InChI is InChI=1S/C12H18.C10H14O.2C10H14.C9H10Cl2.C9H8F4O.2C9H8F4.C9H9F3O.C9H18.2C9H12/c1-5-10-6-8-11(9-7-10)12(2,3)4;1-3-4-9-5-7-10(11-2)8-6-9;1-3-5-10-7-4-6-9(2)8-10;1-3-4-10-7-5-9(2)6-8-10;1-2-3-7-4-5-8(10)9(11)6-7;1-2-6-3-7(10)5-8(4-6)14-9(11,12)13;1-2-6-3-7(9(11,12)13)5-8(10)4-6;1-2-6-3-4-7(8(10)5-6)9(11,12)13;1-2-7-3-5-8(6-4-7)13-9(10,11)12;2*1-3-9-6-4-8(2)5-7-9;1-3-9-6-4-5-8(2)7-9/h6-9H,5H2,1-4H3;5-8H,3-4H2,1-2H3;4,6-8H,3,5H2,1-2H3;5-8H,3-4H2,1-2H3;4-6H,2-3H2,1H3;3-5H,2H2,1H3;2*3-5H,2H2,1H3;3-6H,2H2,1H3;8-9H,3-7H2,1-2H3;2*4-7H,3H2,1-2H3. The average Bonchev–Trinajstić information content (AvgIpc) is 0.838. The number of halogens is 17. The molecule has 3 nitrogen and oxygen atoms in total. The van der Waals surface area contributed by atoms with E-state index in [0.717, 1.165) is 98.4 Å². The van der Waals surface area contributed by atoms with Gasteiger partial charge in [-0.1, -0.05) is 372 Å². The predicted molar refractivity (Wildman–Crippen MR) is 531 cm³/mol.